The number of nitrogens with zero attached hydrogens (tertiary/aromatic N) is 4. The summed E-state index contributed by atoms with van der Waals surface area (Å²) in [6.45, 7) is 3.66. The topological polar surface area (TPSA) is 41.4 Å². The monoisotopic (exact) mass is 424 g/mol. The first-order valence-corrected chi connectivity index (χ1v) is 10.1. The highest BCUT2D eigenvalue weighted by atomic mass is 79.9. The fourth-order valence-electron chi connectivity index (χ4n) is 4.26. The van der Waals surface area contributed by atoms with Gasteiger partial charge < -0.3 is 4.90 Å². The third-order valence-corrected chi connectivity index (χ3v) is 6.32. The fourth-order valence-corrected chi connectivity index (χ4v) is 4.61. The minimum Gasteiger partial charge on any atom is -0.334 e. The second-order valence-corrected chi connectivity index (χ2v) is 8.40. The molecule has 5 nitrogen and oxygen atoms in total. The lowest BCUT2D eigenvalue weighted by molar-refractivity contribution is 0.0212. The van der Waals surface area contributed by atoms with Crippen LogP contribution in [0, 0.1) is 0 Å². The van der Waals surface area contributed by atoms with Crippen molar-refractivity contribution < 1.29 is 4.79 Å². The van der Waals surface area contributed by atoms with Gasteiger partial charge in [0.2, 0.25) is 0 Å². The Balaban J connectivity index is 1.30. The van der Waals surface area contributed by atoms with Crippen LogP contribution in [0.3, 0.4) is 0 Å². The molecule has 0 radical (unpaired) electrons. The molecule has 27 heavy (non-hydrogen) atoms. The van der Waals surface area contributed by atoms with Gasteiger partial charge in [-0.1, -0.05) is 40.2 Å². The Morgan fingerprint density at radius 1 is 1.15 bits per heavy atom. The van der Waals surface area contributed by atoms with Crippen molar-refractivity contribution in [3.8, 4) is 0 Å². The van der Waals surface area contributed by atoms with E-state index in [2.05, 4.69) is 50.2 Å². The van der Waals surface area contributed by atoms with Gasteiger partial charge in [-0.2, -0.15) is 5.10 Å². The Labute approximate surface area is 166 Å². The summed E-state index contributed by atoms with van der Waals surface area (Å²) in [5.74, 6) is 0.0796. The molecule has 1 amide bonds. The van der Waals surface area contributed by atoms with Crippen LogP contribution in [0.1, 0.15) is 21.6 Å². The Bertz CT molecular complexity index is 1040. The quantitative estimate of drug-likeness (QED) is 0.633. The predicted octanol–water partition coefficient (Wildman–Crippen LogP) is 3.22. The molecule has 1 saturated heterocycles. The fraction of sp³-hybridized carbons (Fsp3) is 0.333. The molecule has 0 saturated carbocycles. The van der Waals surface area contributed by atoms with Crippen LogP contribution in [0.2, 0.25) is 0 Å². The number of hydrogen-bond donors (Lipinski definition) is 0. The number of carbonyl (C=O) groups excluding carboxylic acids is 1. The minimum absolute atomic E-state index is 0.0796. The van der Waals surface area contributed by atoms with Gasteiger partial charge in [-0.3, -0.25) is 14.4 Å². The van der Waals surface area contributed by atoms with Crippen molar-refractivity contribution in [2.75, 3.05) is 19.6 Å². The number of benzene rings is 2. The standard InChI is InChI=1S/C21H21BrN4O/c1-24-20(18-7-6-16(22)10-19(18)23-24)21(27)26-12-17(13-26)25-9-8-14-4-2-3-5-15(14)11-25/h2-7,10,17H,8-9,11-13H2,1H3. The summed E-state index contributed by atoms with van der Waals surface area (Å²) >= 11 is 3.47. The van der Waals surface area contributed by atoms with Crippen LogP contribution < -0.4 is 0 Å². The van der Waals surface area contributed by atoms with Crippen LogP contribution in [0.15, 0.2) is 46.9 Å². The summed E-state index contributed by atoms with van der Waals surface area (Å²) in [5, 5.41) is 5.42. The zero-order chi connectivity index (χ0) is 18.5. The molecule has 3 aromatic rings. The van der Waals surface area contributed by atoms with Crippen LogP contribution in [-0.4, -0.2) is 51.2 Å². The highest BCUT2D eigenvalue weighted by Crippen LogP contribution is 2.28. The van der Waals surface area contributed by atoms with Gasteiger partial charge in [-0.05, 0) is 35.7 Å². The lowest BCUT2D eigenvalue weighted by atomic mass is 9.96. The molecule has 1 aromatic heterocycles. The van der Waals surface area contributed by atoms with Gasteiger partial charge in [-0.15, -0.1) is 0 Å². The molecule has 0 unspecified atom stereocenters. The molecule has 0 aliphatic carbocycles. The Hall–Kier alpha value is -2.18. The number of hydrogen-bond acceptors (Lipinski definition) is 3. The van der Waals surface area contributed by atoms with E-state index in [-0.39, 0.29) is 5.91 Å². The molecule has 2 aliphatic heterocycles. The molecule has 0 bridgehead atoms. The Morgan fingerprint density at radius 3 is 2.74 bits per heavy atom. The smallest absolute Gasteiger partial charge is 0.272 e. The molecule has 0 atom stereocenters. The number of fused-ring (bicyclic) bond motifs is 2. The highest BCUT2D eigenvalue weighted by molar-refractivity contribution is 9.10. The molecule has 0 N–H and O–H groups in total. The van der Waals surface area contributed by atoms with Gasteiger partial charge in [0.05, 0.1) is 5.52 Å². The van der Waals surface area contributed by atoms with Crippen molar-refractivity contribution in [1.29, 1.82) is 0 Å². The van der Waals surface area contributed by atoms with Gasteiger partial charge in [0.25, 0.3) is 5.91 Å². The summed E-state index contributed by atoms with van der Waals surface area (Å²) in [7, 11) is 1.85. The summed E-state index contributed by atoms with van der Waals surface area (Å²) in [5.41, 5.74) is 4.42. The predicted molar refractivity (Wildman–Crippen MR) is 109 cm³/mol. The summed E-state index contributed by atoms with van der Waals surface area (Å²) in [6, 6.07) is 15.0. The number of amides is 1. The van der Waals surface area contributed by atoms with Crippen LogP contribution in [0.4, 0.5) is 0 Å². The van der Waals surface area contributed by atoms with Crippen molar-refractivity contribution in [3.05, 3.63) is 63.8 Å². The average molecular weight is 425 g/mol. The van der Waals surface area contributed by atoms with E-state index in [1.807, 2.05) is 30.1 Å². The molecular weight excluding hydrogens is 404 g/mol. The zero-order valence-electron chi connectivity index (χ0n) is 15.2. The SMILES string of the molecule is Cn1nc2cc(Br)ccc2c1C(=O)N1CC(N2CCc3ccccc3C2)C1. The Morgan fingerprint density at radius 2 is 1.93 bits per heavy atom. The van der Waals surface area contributed by atoms with Crippen LogP contribution >= 0.6 is 15.9 Å². The lowest BCUT2D eigenvalue weighted by Gasteiger charge is -2.46. The van der Waals surface area contributed by atoms with Gasteiger partial charge >= 0.3 is 0 Å². The molecule has 2 aromatic carbocycles. The number of halogens is 1. The normalized spacial score (nSPS) is 17.8. The van der Waals surface area contributed by atoms with Crippen LogP contribution in [-0.2, 0) is 20.0 Å². The van der Waals surface area contributed by atoms with E-state index in [1.54, 1.807) is 4.68 Å². The number of carbonyl (C=O) groups is 1. The molecule has 1 fully saturated rings. The summed E-state index contributed by atoms with van der Waals surface area (Å²) in [6.07, 6.45) is 1.10. The maximum absolute atomic E-state index is 13.1. The second kappa shape index (κ2) is 6.46. The largest absolute Gasteiger partial charge is 0.334 e. The molecule has 2 aliphatic rings. The minimum atomic E-state index is 0.0796. The summed E-state index contributed by atoms with van der Waals surface area (Å²) in [4.78, 5) is 17.5. The molecule has 0 spiro atoms. The van der Waals surface area contributed by atoms with E-state index in [0.29, 0.717) is 11.7 Å². The number of aryl methyl sites for hydroxylation is 1. The molecule has 5 rings (SSSR count). The zero-order valence-corrected chi connectivity index (χ0v) is 16.8. The first kappa shape index (κ1) is 17.0. The molecule has 3 heterocycles. The maximum Gasteiger partial charge on any atom is 0.272 e. The van der Waals surface area contributed by atoms with Crippen molar-refractivity contribution in [1.82, 2.24) is 19.6 Å². The average Bonchev–Trinajstić information content (AvgIpc) is 2.95. The van der Waals surface area contributed by atoms with E-state index in [4.69, 9.17) is 0 Å². The maximum atomic E-state index is 13.1. The lowest BCUT2D eigenvalue weighted by Crippen LogP contribution is -2.61. The van der Waals surface area contributed by atoms with Gasteiger partial charge in [0.15, 0.2) is 0 Å². The van der Waals surface area contributed by atoms with Gasteiger partial charge in [0.1, 0.15) is 5.69 Å². The van der Waals surface area contributed by atoms with Crippen molar-refractivity contribution in [2.24, 2.45) is 7.05 Å². The number of aromatic nitrogens is 2. The molecular formula is C21H21BrN4O. The molecule has 138 valence electrons. The van der Waals surface area contributed by atoms with E-state index >= 15 is 0 Å². The van der Waals surface area contributed by atoms with Crippen molar-refractivity contribution in [2.45, 2.75) is 19.0 Å². The summed E-state index contributed by atoms with van der Waals surface area (Å²) < 4.78 is 2.69. The first-order chi connectivity index (χ1) is 13.1. The van der Waals surface area contributed by atoms with E-state index in [9.17, 15) is 4.79 Å². The van der Waals surface area contributed by atoms with Gasteiger partial charge in [0, 0.05) is 49.1 Å². The second-order valence-electron chi connectivity index (χ2n) is 7.49. The van der Waals surface area contributed by atoms with E-state index < -0.39 is 0 Å². The number of rotatable bonds is 2. The highest BCUT2D eigenvalue weighted by Gasteiger charge is 2.37. The third kappa shape index (κ3) is 2.87. The van der Waals surface area contributed by atoms with Crippen LogP contribution in [0.25, 0.3) is 10.9 Å². The van der Waals surface area contributed by atoms with Gasteiger partial charge in [-0.25, -0.2) is 0 Å². The third-order valence-electron chi connectivity index (χ3n) is 5.82. The Kier molecular flexibility index (Phi) is 4.06. The van der Waals surface area contributed by atoms with E-state index in [1.165, 1.54) is 11.1 Å². The van der Waals surface area contributed by atoms with Crippen molar-refractivity contribution >= 4 is 32.7 Å². The number of likely N-dealkylation sites (tertiary alicyclic amines) is 1. The van der Waals surface area contributed by atoms with Crippen molar-refractivity contribution in [3.63, 3.8) is 0 Å². The molecule has 6 heteroatoms. The first-order valence-electron chi connectivity index (χ1n) is 9.32. The van der Waals surface area contributed by atoms with Crippen LogP contribution in [0.5, 0.6) is 0 Å². The van der Waals surface area contributed by atoms with E-state index in [0.717, 1.165) is 48.0 Å².